The van der Waals surface area contributed by atoms with Gasteiger partial charge in [-0.1, -0.05) is 24.3 Å². The molecule has 2 heterocycles. The van der Waals surface area contributed by atoms with Crippen LogP contribution in [-0.4, -0.2) is 47.9 Å². The number of hydrogen-bond acceptors (Lipinski definition) is 4. The normalized spacial score (nSPS) is 16.0. The Morgan fingerprint density at radius 3 is 2.62 bits per heavy atom. The largest absolute Gasteiger partial charge is 0.345 e. The summed E-state index contributed by atoms with van der Waals surface area (Å²) in [4.78, 5) is 21.5. The quantitative estimate of drug-likeness (QED) is 0.774. The Balaban J connectivity index is 1.69. The molecule has 0 bridgehead atoms. The van der Waals surface area contributed by atoms with E-state index in [0.717, 1.165) is 43.2 Å². The van der Waals surface area contributed by atoms with Crippen molar-refractivity contribution in [3.8, 4) is 0 Å². The average Bonchev–Trinajstić information content (AvgIpc) is 3.04. The zero-order chi connectivity index (χ0) is 17.3. The summed E-state index contributed by atoms with van der Waals surface area (Å²) in [6.07, 6.45) is 1.04. The molecule has 0 spiro atoms. The Morgan fingerprint density at radius 2 is 2.00 bits per heavy atom. The van der Waals surface area contributed by atoms with Crippen LogP contribution in [0.4, 0.5) is 5.13 Å². The Labute approximate surface area is 152 Å². The lowest BCUT2D eigenvalue weighted by Gasteiger charge is -2.38. The minimum atomic E-state index is -0.490. The number of benzene rings is 1. The molecule has 0 radical (unpaired) electrons. The number of rotatable bonds is 4. The van der Waals surface area contributed by atoms with Gasteiger partial charge in [0.05, 0.1) is 15.6 Å². The number of hydrogen-bond donors (Lipinski definition) is 0. The third-order valence-electron chi connectivity index (χ3n) is 4.60. The topological polar surface area (TPSA) is 36.4 Å². The summed E-state index contributed by atoms with van der Waals surface area (Å²) in [7, 11) is 0. The van der Waals surface area contributed by atoms with Gasteiger partial charge in [-0.05, 0) is 38.0 Å². The molecule has 1 aromatic carbocycles. The number of carbonyl (C=O) groups excluding carboxylic acids is 1. The Hall–Kier alpha value is -1.33. The lowest BCUT2D eigenvalue weighted by molar-refractivity contribution is -0.139. The van der Waals surface area contributed by atoms with E-state index in [0.29, 0.717) is 5.88 Å². The van der Waals surface area contributed by atoms with Crippen molar-refractivity contribution in [1.82, 2.24) is 9.88 Å². The van der Waals surface area contributed by atoms with Crippen LogP contribution >= 0.6 is 22.9 Å². The summed E-state index contributed by atoms with van der Waals surface area (Å²) in [5, 5.41) is 1.06. The second-order valence-electron chi connectivity index (χ2n) is 6.95. The maximum absolute atomic E-state index is 12.5. The second-order valence-corrected chi connectivity index (χ2v) is 8.23. The maximum Gasteiger partial charge on any atom is 0.229 e. The SMILES string of the molecule is CCc1ccc2nc(N3CCN(C(=O)C(C)(C)CCl)CC3)sc2c1. The van der Waals surface area contributed by atoms with E-state index in [1.165, 1.54) is 10.3 Å². The van der Waals surface area contributed by atoms with Crippen molar-refractivity contribution in [3.05, 3.63) is 23.8 Å². The van der Waals surface area contributed by atoms with Crippen molar-refractivity contribution < 1.29 is 4.79 Å². The molecular formula is C18H24ClN3OS. The van der Waals surface area contributed by atoms with Crippen LogP contribution in [0.15, 0.2) is 18.2 Å². The smallest absolute Gasteiger partial charge is 0.229 e. The summed E-state index contributed by atoms with van der Waals surface area (Å²) >= 11 is 7.68. The van der Waals surface area contributed by atoms with Crippen molar-refractivity contribution in [2.24, 2.45) is 5.41 Å². The highest BCUT2D eigenvalue weighted by molar-refractivity contribution is 7.22. The van der Waals surface area contributed by atoms with Gasteiger partial charge in [0.2, 0.25) is 5.91 Å². The summed E-state index contributed by atoms with van der Waals surface area (Å²) < 4.78 is 1.24. The van der Waals surface area contributed by atoms with E-state index in [2.05, 4.69) is 30.0 Å². The molecule has 0 atom stereocenters. The number of amides is 1. The van der Waals surface area contributed by atoms with Crippen LogP contribution in [0.5, 0.6) is 0 Å². The lowest BCUT2D eigenvalue weighted by Crippen LogP contribution is -2.52. The summed E-state index contributed by atoms with van der Waals surface area (Å²) in [6, 6.07) is 6.49. The molecule has 1 aliphatic rings. The van der Waals surface area contributed by atoms with E-state index in [-0.39, 0.29) is 5.91 Å². The third kappa shape index (κ3) is 3.38. The highest BCUT2D eigenvalue weighted by atomic mass is 35.5. The molecule has 4 nitrogen and oxygen atoms in total. The van der Waals surface area contributed by atoms with E-state index >= 15 is 0 Å². The van der Waals surface area contributed by atoms with Gasteiger partial charge in [0.15, 0.2) is 5.13 Å². The zero-order valence-electron chi connectivity index (χ0n) is 14.5. The fourth-order valence-corrected chi connectivity index (χ4v) is 4.09. The Bertz CT molecular complexity index is 735. The van der Waals surface area contributed by atoms with E-state index in [9.17, 15) is 4.79 Å². The number of fused-ring (bicyclic) bond motifs is 1. The minimum absolute atomic E-state index is 0.147. The van der Waals surface area contributed by atoms with Crippen LogP contribution in [0.2, 0.25) is 0 Å². The number of anilines is 1. The highest BCUT2D eigenvalue weighted by Gasteiger charge is 2.33. The predicted octanol–water partition coefficient (Wildman–Crippen LogP) is 3.77. The van der Waals surface area contributed by atoms with Gasteiger partial charge in [-0.3, -0.25) is 4.79 Å². The molecule has 1 aliphatic heterocycles. The van der Waals surface area contributed by atoms with Crippen molar-refractivity contribution >= 4 is 44.2 Å². The standard InChI is InChI=1S/C18H24ClN3OS/c1-4-13-5-6-14-15(11-13)24-17(20-14)22-9-7-21(8-10-22)16(23)18(2,3)12-19/h5-6,11H,4,7-10,12H2,1-3H3. The van der Waals surface area contributed by atoms with E-state index in [4.69, 9.17) is 16.6 Å². The number of nitrogens with zero attached hydrogens (tertiary/aromatic N) is 3. The van der Waals surface area contributed by atoms with Gasteiger partial charge in [0.25, 0.3) is 0 Å². The predicted molar refractivity (Wildman–Crippen MR) is 102 cm³/mol. The molecule has 24 heavy (non-hydrogen) atoms. The van der Waals surface area contributed by atoms with E-state index in [1.54, 1.807) is 11.3 Å². The maximum atomic E-state index is 12.5. The molecule has 1 fully saturated rings. The van der Waals surface area contributed by atoms with E-state index < -0.39 is 5.41 Å². The molecule has 3 rings (SSSR count). The third-order valence-corrected chi connectivity index (χ3v) is 6.35. The minimum Gasteiger partial charge on any atom is -0.345 e. The number of aryl methyl sites for hydroxylation is 1. The van der Waals surface area contributed by atoms with Gasteiger partial charge in [-0.15, -0.1) is 11.6 Å². The zero-order valence-corrected chi connectivity index (χ0v) is 16.1. The molecule has 130 valence electrons. The van der Waals surface area contributed by atoms with Gasteiger partial charge >= 0.3 is 0 Å². The second kappa shape index (κ2) is 6.89. The first kappa shape index (κ1) is 17.5. The van der Waals surface area contributed by atoms with Gasteiger partial charge < -0.3 is 9.80 Å². The van der Waals surface area contributed by atoms with Crippen LogP contribution in [-0.2, 0) is 11.2 Å². The first-order valence-corrected chi connectivity index (χ1v) is 9.79. The molecule has 0 aliphatic carbocycles. The summed E-state index contributed by atoms with van der Waals surface area (Å²) in [6.45, 7) is 9.10. The van der Waals surface area contributed by atoms with Crippen molar-refractivity contribution in [2.75, 3.05) is 37.0 Å². The first-order chi connectivity index (χ1) is 11.4. The number of halogens is 1. The average molecular weight is 366 g/mol. The van der Waals surface area contributed by atoms with Crippen LogP contribution in [0.3, 0.4) is 0 Å². The number of aromatic nitrogens is 1. The lowest BCUT2D eigenvalue weighted by atomic mass is 9.94. The highest BCUT2D eigenvalue weighted by Crippen LogP contribution is 2.31. The summed E-state index contributed by atoms with van der Waals surface area (Å²) in [5.41, 5.74) is 1.92. The van der Waals surface area contributed by atoms with Crippen molar-refractivity contribution in [2.45, 2.75) is 27.2 Å². The van der Waals surface area contributed by atoms with Crippen LogP contribution in [0.25, 0.3) is 10.2 Å². The van der Waals surface area contributed by atoms with Crippen LogP contribution in [0, 0.1) is 5.41 Å². The van der Waals surface area contributed by atoms with E-state index in [1.807, 2.05) is 18.7 Å². The van der Waals surface area contributed by atoms with Gasteiger partial charge in [-0.25, -0.2) is 4.98 Å². The fourth-order valence-electron chi connectivity index (χ4n) is 2.90. The van der Waals surface area contributed by atoms with Gasteiger partial charge in [0.1, 0.15) is 0 Å². The number of thiazole rings is 1. The molecule has 0 saturated carbocycles. The van der Waals surface area contributed by atoms with Crippen LogP contribution in [0.1, 0.15) is 26.3 Å². The Morgan fingerprint density at radius 1 is 1.29 bits per heavy atom. The number of carbonyl (C=O) groups is 1. The monoisotopic (exact) mass is 365 g/mol. The number of piperazine rings is 1. The molecule has 6 heteroatoms. The molecule has 0 N–H and O–H groups in total. The molecule has 2 aromatic rings. The molecule has 0 unspecified atom stereocenters. The van der Waals surface area contributed by atoms with Crippen LogP contribution < -0.4 is 4.90 Å². The molecule has 1 amide bonds. The molecule has 1 aromatic heterocycles. The number of alkyl halides is 1. The first-order valence-electron chi connectivity index (χ1n) is 8.44. The van der Waals surface area contributed by atoms with Crippen molar-refractivity contribution in [1.29, 1.82) is 0 Å². The van der Waals surface area contributed by atoms with Gasteiger partial charge in [0, 0.05) is 32.1 Å². The molecule has 1 saturated heterocycles. The van der Waals surface area contributed by atoms with Gasteiger partial charge in [-0.2, -0.15) is 0 Å². The van der Waals surface area contributed by atoms with Crippen molar-refractivity contribution in [3.63, 3.8) is 0 Å². The Kier molecular flexibility index (Phi) is 5.02. The molecular weight excluding hydrogens is 342 g/mol. The summed E-state index contributed by atoms with van der Waals surface area (Å²) in [5.74, 6) is 0.498. The fraction of sp³-hybridized carbons (Fsp3) is 0.556.